The number of halogens is 1. The summed E-state index contributed by atoms with van der Waals surface area (Å²) in [7, 11) is 3.36. The molecule has 1 aromatic carbocycles. The van der Waals surface area contributed by atoms with Crippen molar-refractivity contribution in [3.63, 3.8) is 0 Å². The summed E-state index contributed by atoms with van der Waals surface area (Å²) >= 11 is 6.03. The summed E-state index contributed by atoms with van der Waals surface area (Å²) in [6.07, 6.45) is 6.26. The van der Waals surface area contributed by atoms with Crippen molar-refractivity contribution < 1.29 is 9.53 Å². The molecule has 0 bridgehead atoms. The molecule has 2 N–H and O–H groups in total. The molecule has 0 spiro atoms. The van der Waals surface area contributed by atoms with Crippen molar-refractivity contribution in [2.45, 2.75) is 32.1 Å². The quantitative estimate of drug-likeness (QED) is 0.865. The molecule has 0 saturated heterocycles. The molecule has 5 heteroatoms. The maximum atomic E-state index is 12.6. The first kappa shape index (κ1) is 16.0. The zero-order valence-electron chi connectivity index (χ0n) is 12.7. The highest BCUT2D eigenvalue weighted by molar-refractivity contribution is 6.33. The average molecular weight is 311 g/mol. The number of hydrogen-bond acceptors (Lipinski definition) is 3. The Morgan fingerprint density at radius 1 is 1.38 bits per heavy atom. The lowest BCUT2D eigenvalue weighted by Gasteiger charge is -2.27. The fraction of sp³-hybridized carbons (Fsp3) is 0.562. The number of rotatable bonds is 4. The van der Waals surface area contributed by atoms with Gasteiger partial charge in [-0.05, 0) is 24.8 Å². The van der Waals surface area contributed by atoms with E-state index in [4.69, 9.17) is 22.1 Å². The highest BCUT2D eigenvalue weighted by Crippen LogP contribution is 2.30. The van der Waals surface area contributed by atoms with E-state index in [2.05, 4.69) is 0 Å². The number of nitrogens with zero attached hydrogens (tertiary/aromatic N) is 1. The van der Waals surface area contributed by atoms with Crippen molar-refractivity contribution in [3.8, 4) is 5.75 Å². The summed E-state index contributed by atoms with van der Waals surface area (Å²) in [6, 6.07) is 3.19. The average Bonchev–Trinajstić information content (AvgIpc) is 2.49. The van der Waals surface area contributed by atoms with Crippen LogP contribution < -0.4 is 10.5 Å². The number of methoxy groups -OCH3 is 1. The predicted molar refractivity (Wildman–Crippen MR) is 86.0 cm³/mol. The summed E-state index contributed by atoms with van der Waals surface area (Å²) in [5.74, 6) is 1.000. The van der Waals surface area contributed by atoms with Gasteiger partial charge in [-0.3, -0.25) is 4.79 Å². The number of ether oxygens (including phenoxy) is 1. The molecule has 0 atom stereocenters. The van der Waals surface area contributed by atoms with E-state index in [9.17, 15) is 4.79 Å². The van der Waals surface area contributed by atoms with Gasteiger partial charge in [-0.15, -0.1) is 0 Å². The second-order valence-electron chi connectivity index (χ2n) is 5.76. The van der Waals surface area contributed by atoms with Crippen LogP contribution in [0.3, 0.4) is 0 Å². The standard InChI is InChI=1S/C16H23ClN2O2/c1-19(10-11-6-4-3-5-7-11)16(20)12-8-13(17)14(18)9-15(12)21-2/h8-9,11H,3-7,10,18H2,1-2H3. The maximum absolute atomic E-state index is 12.6. The Balaban J connectivity index is 2.12. The molecule has 4 nitrogen and oxygen atoms in total. The largest absolute Gasteiger partial charge is 0.496 e. The van der Waals surface area contributed by atoms with Gasteiger partial charge < -0.3 is 15.4 Å². The number of nitrogen functional groups attached to an aromatic ring is 1. The summed E-state index contributed by atoms with van der Waals surface area (Å²) < 4.78 is 5.26. The van der Waals surface area contributed by atoms with Crippen molar-refractivity contribution in [2.75, 3.05) is 26.4 Å². The van der Waals surface area contributed by atoms with Crippen LogP contribution >= 0.6 is 11.6 Å². The van der Waals surface area contributed by atoms with E-state index < -0.39 is 0 Å². The van der Waals surface area contributed by atoms with Crippen molar-refractivity contribution >= 4 is 23.2 Å². The molecule has 1 saturated carbocycles. The molecule has 1 amide bonds. The monoisotopic (exact) mass is 310 g/mol. The van der Waals surface area contributed by atoms with Crippen molar-refractivity contribution in [3.05, 3.63) is 22.7 Å². The van der Waals surface area contributed by atoms with Gasteiger partial charge >= 0.3 is 0 Å². The molecule has 0 radical (unpaired) electrons. The number of hydrogen-bond donors (Lipinski definition) is 1. The molecule has 1 fully saturated rings. The first-order valence-corrected chi connectivity index (χ1v) is 7.79. The Morgan fingerprint density at radius 2 is 2.05 bits per heavy atom. The smallest absolute Gasteiger partial charge is 0.257 e. The molecule has 1 aromatic rings. The summed E-state index contributed by atoms with van der Waals surface area (Å²) in [5, 5.41) is 0.380. The molecule has 116 valence electrons. The van der Waals surface area contributed by atoms with E-state index in [-0.39, 0.29) is 5.91 Å². The van der Waals surface area contributed by atoms with Gasteiger partial charge in [-0.2, -0.15) is 0 Å². The summed E-state index contributed by atoms with van der Waals surface area (Å²) in [4.78, 5) is 14.4. The van der Waals surface area contributed by atoms with E-state index >= 15 is 0 Å². The van der Waals surface area contributed by atoms with Crippen molar-refractivity contribution in [1.82, 2.24) is 4.90 Å². The van der Waals surface area contributed by atoms with Crippen LogP contribution in [0.4, 0.5) is 5.69 Å². The van der Waals surface area contributed by atoms with Crippen LogP contribution in [0.2, 0.25) is 5.02 Å². The Labute approximate surface area is 131 Å². The van der Waals surface area contributed by atoms with E-state index in [0.29, 0.717) is 27.9 Å². The summed E-state index contributed by atoms with van der Waals surface area (Å²) in [5.41, 5.74) is 6.64. The second kappa shape index (κ2) is 7.03. The van der Waals surface area contributed by atoms with Crippen LogP contribution in [0.15, 0.2) is 12.1 Å². The van der Waals surface area contributed by atoms with Crippen LogP contribution in [0, 0.1) is 5.92 Å². The minimum absolute atomic E-state index is 0.0701. The van der Waals surface area contributed by atoms with Gasteiger partial charge in [0, 0.05) is 19.7 Å². The Morgan fingerprint density at radius 3 is 2.67 bits per heavy atom. The van der Waals surface area contributed by atoms with E-state index in [1.165, 1.54) is 39.2 Å². The molecule has 2 rings (SSSR count). The van der Waals surface area contributed by atoms with Gasteiger partial charge in [0.2, 0.25) is 0 Å². The van der Waals surface area contributed by atoms with E-state index in [0.717, 1.165) is 6.54 Å². The molecule has 0 heterocycles. The zero-order valence-corrected chi connectivity index (χ0v) is 13.4. The first-order valence-electron chi connectivity index (χ1n) is 7.41. The minimum Gasteiger partial charge on any atom is -0.496 e. The van der Waals surface area contributed by atoms with Crippen molar-refractivity contribution in [2.24, 2.45) is 5.92 Å². The Bertz CT molecular complexity index is 513. The van der Waals surface area contributed by atoms with Crippen LogP contribution in [-0.4, -0.2) is 31.5 Å². The summed E-state index contributed by atoms with van der Waals surface area (Å²) in [6.45, 7) is 0.782. The predicted octanol–water partition coefficient (Wildman–Crippen LogP) is 3.58. The number of benzene rings is 1. The van der Waals surface area contributed by atoms with Gasteiger partial charge in [0.25, 0.3) is 5.91 Å². The van der Waals surface area contributed by atoms with Crippen LogP contribution in [-0.2, 0) is 0 Å². The zero-order chi connectivity index (χ0) is 15.4. The maximum Gasteiger partial charge on any atom is 0.257 e. The lowest BCUT2D eigenvalue weighted by atomic mass is 9.89. The Kier molecular flexibility index (Phi) is 5.34. The van der Waals surface area contributed by atoms with Gasteiger partial charge in [-0.1, -0.05) is 30.9 Å². The highest BCUT2D eigenvalue weighted by Gasteiger charge is 2.22. The van der Waals surface area contributed by atoms with Gasteiger partial charge in [0.1, 0.15) is 5.75 Å². The topological polar surface area (TPSA) is 55.6 Å². The highest BCUT2D eigenvalue weighted by atomic mass is 35.5. The number of carbonyl (C=O) groups is 1. The molecule has 21 heavy (non-hydrogen) atoms. The molecular formula is C16H23ClN2O2. The normalized spacial score (nSPS) is 15.8. The number of amides is 1. The van der Waals surface area contributed by atoms with Gasteiger partial charge in [-0.25, -0.2) is 0 Å². The first-order chi connectivity index (χ1) is 10.0. The van der Waals surface area contributed by atoms with E-state index in [1.54, 1.807) is 17.0 Å². The number of anilines is 1. The third kappa shape index (κ3) is 3.82. The van der Waals surface area contributed by atoms with Crippen LogP contribution in [0.1, 0.15) is 42.5 Å². The molecule has 0 aromatic heterocycles. The second-order valence-corrected chi connectivity index (χ2v) is 6.17. The van der Waals surface area contributed by atoms with Crippen LogP contribution in [0.25, 0.3) is 0 Å². The van der Waals surface area contributed by atoms with E-state index in [1.807, 2.05) is 7.05 Å². The fourth-order valence-corrected chi connectivity index (χ4v) is 3.11. The minimum atomic E-state index is -0.0701. The Hall–Kier alpha value is -1.42. The number of nitrogens with two attached hydrogens (primary N) is 1. The lowest BCUT2D eigenvalue weighted by Crippen LogP contribution is -2.32. The molecule has 0 unspecified atom stereocenters. The lowest BCUT2D eigenvalue weighted by molar-refractivity contribution is 0.0757. The molecule has 1 aliphatic carbocycles. The van der Waals surface area contributed by atoms with Gasteiger partial charge in [0.05, 0.1) is 23.4 Å². The number of carbonyl (C=O) groups excluding carboxylic acids is 1. The van der Waals surface area contributed by atoms with Crippen molar-refractivity contribution in [1.29, 1.82) is 0 Å². The molecular weight excluding hydrogens is 288 g/mol. The SMILES string of the molecule is COc1cc(N)c(Cl)cc1C(=O)N(C)CC1CCCCC1. The third-order valence-corrected chi connectivity index (χ3v) is 4.48. The fourth-order valence-electron chi connectivity index (χ4n) is 2.95. The van der Waals surface area contributed by atoms with Crippen LogP contribution in [0.5, 0.6) is 5.75 Å². The van der Waals surface area contributed by atoms with Gasteiger partial charge in [0.15, 0.2) is 0 Å². The third-order valence-electron chi connectivity index (χ3n) is 4.15. The molecule has 0 aliphatic heterocycles. The molecule has 1 aliphatic rings.